The smallest absolute Gasteiger partial charge is 0.319 e. The van der Waals surface area contributed by atoms with E-state index in [1.54, 1.807) is 0 Å². The summed E-state index contributed by atoms with van der Waals surface area (Å²) in [6.45, 7) is 3.90. The average Bonchev–Trinajstić information content (AvgIpc) is 2.29. The Morgan fingerprint density at radius 2 is 2.00 bits per heavy atom. The molecule has 0 amide bonds. The molecule has 3 heteroatoms. The van der Waals surface area contributed by atoms with Crippen LogP contribution < -0.4 is 0 Å². The van der Waals surface area contributed by atoms with Crippen molar-refractivity contribution >= 4 is 18.6 Å². The zero-order valence-electron chi connectivity index (χ0n) is 9.68. The van der Waals surface area contributed by atoms with Crippen LogP contribution in [0.15, 0.2) is 30.3 Å². The third-order valence-corrected chi connectivity index (χ3v) is 3.69. The second-order valence-corrected chi connectivity index (χ2v) is 5.06. The number of aliphatic carboxylic acids is 1. The summed E-state index contributed by atoms with van der Waals surface area (Å²) in [5.41, 5.74) is 1.16. The van der Waals surface area contributed by atoms with Crippen molar-refractivity contribution in [1.82, 2.24) is 0 Å². The van der Waals surface area contributed by atoms with E-state index < -0.39 is 10.7 Å². The molecule has 16 heavy (non-hydrogen) atoms. The maximum absolute atomic E-state index is 11.1. The van der Waals surface area contributed by atoms with E-state index in [0.29, 0.717) is 12.8 Å². The molecule has 0 spiro atoms. The van der Waals surface area contributed by atoms with Crippen molar-refractivity contribution in [3.8, 4) is 0 Å². The zero-order chi connectivity index (χ0) is 12.2. The number of thiol groups is 1. The van der Waals surface area contributed by atoms with Gasteiger partial charge < -0.3 is 5.11 Å². The lowest BCUT2D eigenvalue weighted by atomic mass is 9.88. The third-order valence-electron chi connectivity index (χ3n) is 3.00. The number of hydrogen-bond donors (Lipinski definition) is 2. The third kappa shape index (κ3) is 3.01. The van der Waals surface area contributed by atoms with E-state index in [-0.39, 0.29) is 5.92 Å². The maximum atomic E-state index is 11.1. The Kier molecular flexibility index (Phi) is 4.42. The van der Waals surface area contributed by atoms with Crippen LogP contribution in [0.1, 0.15) is 38.2 Å². The molecule has 0 fully saturated rings. The molecule has 88 valence electrons. The summed E-state index contributed by atoms with van der Waals surface area (Å²) in [6.07, 6.45) is 1.08. The standard InChI is InChI=1S/C13H18O2S/c1-3-13(16,12(14)15)9-10(2)11-7-5-4-6-8-11/h4-8,10,16H,3,9H2,1-2H3,(H,14,15). The summed E-state index contributed by atoms with van der Waals surface area (Å²) in [5.74, 6) is -0.629. The lowest BCUT2D eigenvalue weighted by molar-refractivity contribution is -0.140. The van der Waals surface area contributed by atoms with E-state index in [0.717, 1.165) is 5.56 Å². The van der Waals surface area contributed by atoms with E-state index in [4.69, 9.17) is 5.11 Å². The Bertz CT molecular complexity index is 350. The van der Waals surface area contributed by atoms with Gasteiger partial charge in [0.05, 0.1) is 0 Å². The van der Waals surface area contributed by atoms with Gasteiger partial charge in [-0.15, -0.1) is 0 Å². The minimum atomic E-state index is -0.921. The lowest BCUT2D eigenvalue weighted by Gasteiger charge is -2.25. The molecule has 0 saturated heterocycles. The van der Waals surface area contributed by atoms with Crippen LogP contribution >= 0.6 is 12.6 Å². The Morgan fingerprint density at radius 3 is 2.44 bits per heavy atom. The van der Waals surface area contributed by atoms with Gasteiger partial charge in [-0.05, 0) is 24.3 Å². The van der Waals surface area contributed by atoms with Crippen molar-refractivity contribution in [3.05, 3.63) is 35.9 Å². The molecule has 1 N–H and O–H groups in total. The summed E-state index contributed by atoms with van der Waals surface area (Å²) in [7, 11) is 0. The molecule has 0 aliphatic rings. The van der Waals surface area contributed by atoms with Crippen LogP contribution in [-0.2, 0) is 4.79 Å². The molecule has 0 heterocycles. The van der Waals surface area contributed by atoms with Gasteiger partial charge in [0.2, 0.25) is 0 Å². The van der Waals surface area contributed by atoms with Gasteiger partial charge in [0.1, 0.15) is 4.75 Å². The first-order chi connectivity index (χ1) is 7.49. The van der Waals surface area contributed by atoms with Gasteiger partial charge in [-0.1, -0.05) is 44.2 Å². The van der Waals surface area contributed by atoms with Crippen LogP contribution in [0.5, 0.6) is 0 Å². The fourth-order valence-electron chi connectivity index (χ4n) is 1.79. The van der Waals surface area contributed by atoms with E-state index >= 15 is 0 Å². The van der Waals surface area contributed by atoms with Crippen molar-refractivity contribution in [1.29, 1.82) is 0 Å². The normalized spacial score (nSPS) is 16.4. The van der Waals surface area contributed by atoms with Crippen LogP contribution in [0.3, 0.4) is 0 Å². The van der Waals surface area contributed by atoms with Gasteiger partial charge in [0, 0.05) is 0 Å². The number of hydrogen-bond acceptors (Lipinski definition) is 2. The summed E-state index contributed by atoms with van der Waals surface area (Å²) >= 11 is 4.30. The van der Waals surface area contributed by atoms with Gasteiger partial charge in [-0.3, -0.25) is 4.79 Å². The van der Waals surface area contributed by atoms with Crippen molar-refractivity contribution in [2.24, 2.45) is 0 Å². The molecule has 2 nitrogen and oxygen atoms in total. The molecular weight excluding hydrogens is 220 g/mol. The predicted octanol–water partition coefficient (Wildman–Crippen LogP) is 3.34. The molecule has 0 saturated carbocycles. The van der Waals surface area contributed by atoms with E-state index in [9.17, 15) is 4.79 Å². The minimum Gasteiger partial charge on any atom is -0.480 e. The molecule has 1 rings (SSSR count). The summed E-state index contributed by atoms with van der Waals surface area (Å²) < 4.78 is -0.921. The van der Waals surface area contributed by atoms with Gasteiger partial charge in [0.15, 0.2) is 0 Å². The highest BCUT2D eigenvalue weighted by Gasteiger charge is 2.34. The van der Waals surface area contributed by atoms with E-state index in [1.165, 1.54) is 0 Å². The van der Waals surface area contributed by atoms with Crippen molar-refractivity contribution in [2.75, 3.05) is 0 Å². The topological polar surface area (TPSA) is 37.3 Å². The Balaban J connectivity index is 2.78. The summed E-state index contributed by atoms with van der Waals surface area (Å²) in [5, 5.41) is 9.15. The first kappa shape index (κ1) is 13.1. The summed E-state index contributed by atoms with van der Waals surface area (Å²) in [6, 6.07) is 9.95. The first-order valence-electron chi connectivity index (χ1n) is 5.50. The molecule has 0 aromatic heterocycles. The molecule has 0 radical (unpaired) electrons. The highest BCUT2D eigenvalue weighted by Crippen LogP contribution is 2.32. The van der Waals surface area contributed by atoms with Gasteiger partial charge >= 0.3 is 5.97 Å². The molecule has 2 unspecified atom stereocenters. The quantitative estimate of drug-likeness (QED) is 0.772. The largest absolute Gasteiger partial charge is 0.480 e. The van der Waals surface area contributed by atoms with Crippen LogP contribution in [0, 0.1) is 0 Å². The number of carboxylic acid groups (broad SMARTS) is 1. The molecule has 0 aliphatic carbocycles. The van der Waals surface area contributed by atoms with Crippen LogP contribution in [0.2, 0.25) is 0 Å². The van der Waals surface area contributed by atoms with Crippen LogP contribution in [-0.4, -0.2) is 15.8 Å². The number of benzene rings is 1. The maximum Gasteiger partial charge on any atom is 0.319 e. The van der Waals surface area contributed by atoms with E-state index in [2.05, 4.69) is 12.6 Å². The molecule has 2 atom stereocenters. The predicted molar refractivity (Wildman–Crippen MR) is 69.1 cm³/mol. The first-order valence-corrected chi connectivity index (χ1v) is 5.95. The molecule has 0 aliphatic heterocycles. The highest BCUT2D eigenvalue weighted by molar-refractivity contribution is 7.82. The minimum absolute atomic E-state index is 0.203. The Hall–Kier alpha value is -0.960. The molecular formula is C13H18O2S. The van der Waals surface area contributed by atoms with Gasteiger partial charge in [-0.2, -0.15) is 12.6 Å². The van der Waals surface area contributed by atoms with Crippen molar-refractivity contribution < 1.29 is 9.90 Å². The number of rotatable bonds is 5. The Morgan fingerprint density at radius 1 is 1.44 bits per heavy atom. The second kappa shape index (κ2) is 5.39. The van der Waals surface area contributed by atoms with Crippen molar-refractivity contribution in [2.45, 2.75) is 37.4 Å². The molecule has 0 bridgehead atoms. The van der Waals surface area contributed by atoms with Gasteiger partial charge in [-0.25, -0.2) is 0 Å². The Labute approximate surface area is 102 Å². The zero-order valence-corrected chi connectivity index (χ0v) is 10.6. The second-order valence-electron chi connectivity index (χ2n) is 4.21. The molecule has 1 aromatic rings. The SMILES string of the molecule is CCC(S)(CC(C)c1ccccc1)C(=O)O. The van der Waals surface area contributed by atoms with Gasteiger partial charge in [0.25, 0.3) is 0 Å². The van der Waals surface area contributed by atoms with Crippen molar-refractivity contribution in [3.63, 3.8) is 0 Å². The van der Waals surface area contributed by atoms with E-state index in [1.807, 2.05) is 44.2 Å². The molecule has 1 aromatic carbocycles. The fourth-order valence-corrected chi connectivity index (χ4v) is 2.06. The lowest BCUT2D eigenvalue weighted by Crippen LogP contribution is -2.33. The number of carbonyl (C=O) groups is 1. The summed E-state index contributed by atoms with van der Waals surface area (Å²) in [4.78, 5) is 11.1. The van der Waals surface area contributed by atoms with Crippen LogP contribution in [0.25, 0.3) is 0 Å². The monoisotopic (exact) mass is 238 g/mol. The van der Waals surface area contributed by atoms with Crippen LogP contribution in [0.4, 0.5) is 0 Å². The highest BCUT2D eigenvalue weighted by atomic mass is 32.1. The fraction of sp³-hybridized carbons (Fsp3) is 0.462. The number of carboxylic acids is 1. The average molecular weight is 238 g/mol.